The Hall–Kier alpha value is -4.13. The van der Waals surface area contributed by atoms with E-state index >= 15 is 0 Å². The average Bonchev–Trinajstić information content (AvgIpc) is 2.77. The maximum atomic E-state index is 12.3. The summed E-state index contributed by atoms with van der Waals surface area (Å²) < 4.78 is 11.2. The first-order valence-electron chi connectivity index (χ1n) is 9.64. The topological polar surface area (TPSA) is 97.8 Å². The molecule has 0 spiro atoms. The van der Waals surface area contributed by atoms with Gasteiger partial charge in [-0.1, -0.05) is 30.4 Å². The molecular formula is C24H22N2O5. The SMILES string of the molecule is C/C=C/COc1ccc(Oc2ccc(CC(=O)Nc3ccccc3C(=O)O)cn2)cc1. The number of carboxylic acid groups (broad SMARTS) is 1. The first-order valence-corrected chi connectivity index (χ1v) is 9.64. The molecule has 158 valence electrons. The molecule has 7 nitrogen and oxygen atoms in total. The molecule has 1 amide bonds. The third kappa shape index (κ3) is 6.43. The van der Waals surface area contributed by atoms with Crippen LogP contribution in [-0.2, 0) is 11.2 Å². The van der Waals surface area contributed by atoms with Gasteiger partial charge in [0, 0.05) is 12.3 Å². The van der Waals surface area contributed by atoms with Crippen LogP contribution in [0.15, 0.2) is 79.0 Å². The van der Waals surface area contributed by atoms with Crippen LogP contribution in [-0.4, -0.2) is 28.6 Å². The normalized spacial score (nSPS) is 10.6. The molecule has 2 N–H and O–H groups in total. The Kier molecular flexibility index (Phi) is 7.37. The average molecular weight is 418 g/mol. The van der Waals surface area contributed by atoms with Crippen molar-refractivity contribution >= 4 is 17.6 Å². The maximum Gasteiger partial charge on any atom is 0.337 e. The number of anilines is 1. The van der Waals surface area contributed by atoms with Crippen LogP contribution in [0.1, 0.15) is 22.8 Å². The van der Waals surface area contributed by atoms with E-state index in [1.807, 2.05) is 31.2 Å². The van der Waals surface area contributed by atoms with Crippen molar-refractivity contribution in [1.29, 1.82) is 0 Å². The lowest BCUT2D eigenvalue weighted by Gasteiger charge is -2.09. The number of para-hydroxylation sites is 1. The van der Waals surface area contributed by atoms with Gasteiger partial charge in [-0.05, 0) is 48.9 Å². The molecule has 0 atom stereocenters. The Morgan fingerprint density at radius 1 is 1.03 bits per heavy atom. The number of carboxylic acids is 1. The van der Waals surface area contributed by atoms with Gasteiger partial charge in [0.15, 0.2) is 0 Å². The monoisotopic (exact) mass is 418 g/mol. The summed E-state index contributed by atoms with van der Waals surface area (Å²) in [5.74, 6) is 0.308. The van der Waals surface area contributed by atoms with Crippen molar-refractivity contribution in [2.75, 3.05) is 11.9 Å². The van der Waals surface area contributed by atoms with Gasteiger partial charge in [-0.15, -0.1) is 0 Å². The molecule has 31 heavy (non-hydrogen) atoms. The van der Waals surface area contributed by atoms with Crippen molar-refractivity contribution in [2.45, 2.75) is 13.3 Å². The minimum Gasteiger partial charge on any atom is -0.490 e. The van der Waals surface area contributed by atoms with E-state index < -0.39 is 5.97 Å². The van der Waals surface area contributed by atoms with E-state index in [0.29, 0.717) is 23.8 Å². The maximum absolute atomic E-state index is 12.3. The lowest BCUT2D eigenvalue weighted by molar-refractivity contribution is -0.115. The van der Waals surface area contributed by atoms with Crippen LogP contribution in [0.2, 0.25) is 0 Å². The Morgan fingerprint density at radius 3 is 2.45 bits per heavy atom. The zero-order valence-corrected chi connectivity index (χ0v) is 16.9. The van der Waals surface area contributed by atoms with Crippen molar-refractivity contribution in [3.05, 3.63) is 90.1 Å². The quantitative estimate of drug-likeness (QED) is 0.489. The molecule has 7 heteroatoms. The minimum absolute atomic E-state index is 0.0379. The van der Waals surface area contributed by atoms with E-state index in [1.54, 1.807) is 48.7 Å². The number of pyridine rings is 1. The second kappa shape index (κ2) is 10.6. The van der Waals surface area contributed by atoms with Crippen LogP contribution in [0, 0.1) is 0 Å². The van der Waals surface area contributed by atoms with E-state index in [0.717, 1.165) is 5.75 Å². The molecule has 0 saturated heterocycles. The van der Waals surface area contributed by atoms with Crippen molar-refractivity contribution < 1.29 is 24.2 Å². The predicted octanol–water partition coefficient (Wildman–Crippen LogP) is 4.71. The summed E-state index contributed by atoms with van der Waals surface area (Å²) in [6.45, 7) is 2.44. The highest BCUT2D eigenvalue weighted by Crippen LogP contribution is 2.23. The van der Waals surface area contributed by atoms with Gasteiger partial charge >= 0.3 is 5.97 Å². The Morgan fingerprint density at radius 2 is 1.77 bits per heavy atom. The molecule has 0 unspecified atom stereocenters. The summed E-state index contributed by atoms with van der Waals surface area (Å²) >= 11 is 0. The van der Waals surface area contributed by atoms with E-state index in [-0.39, 0.29) is 23.6 Å². The lowest BCUT2D eigenvalue weighted by atomic mass is 10.1. The highest BCUT2D eigenvalue weighted by atomic mass is 16.5. The number of nitrogens with one attached hydrogen (secondary N) is 1. The number of allylic oxidation sites excluding steroid dienone is 1. The van der Waals surface area contributed by atoms with Crippen LogP contribution < -0.4 is 14.8 Å². The van der Waals surface area contributed by atoms with Gasteiger partial charge in [0.2, 0.25) is 11.8 Å². The second-order valence-corrected chi connectivity index (χ2v) is 6.53. The predicted molar refractivity (Wildman–Crippen MR) is 117 cm³/mol. The van der Waals surface area contributed by atoms with Gasteiger partial charge in [0.25, 0.3) is 0 Å². The van der Waals surface area contributed by atoms with Crippen molar-refractivity contribution in [3.8, 4) is 17.4 Å². The molecule has 3 aromatic rings. The van der Waals surface area contributed by atoms with Gasteiger partial charge in [-0.2, -0.15) is 0 Å². The Bertz CT molecular complexity index is 1060. The number of ether oxygens (including phenoxy) is 2. The molecule has 0 bridgehead atoms. The van der Waals surface area contributed by atoms with Gasteiger partial charge < -0.3 is 19.9 Å². The van der Waals surface area contributed by atoms with Gasteiger partial charge in [-0.3, -0.25) is 4.79 Å². The van der Waals surface area contributed by atoms with Gasteiger partial charge in [0.05, 0.1) is 17.7 Å². The van der Waals surface area contributed by atoms with E-state index in [9.17, 15) is 14.7 Å². The number of aromatic carboxylic acids is 1. The number of aromatic nitrogens is 1. The number of nitrogens with zero attached hydrogens (tertiary/aromatic N) is 1. The van der Waals surface area contributed by atoms with Gasteiger partial charge in [-0.25, -0.2) is 9.78 Å². The zero-order chi connectivity index (χ0) is 22.1. The number of benzene rings is 2. The van der Waals surface area contributed by atoms with Gasteiger partial charge in [0.1, 0.15) is 18.1 Å². The number of hydrogen-bond donors (Lipinski definition) is 2. The fourth-order valence-corrected chi connectivity index (χ4v) is 2.70. The second-order valence-electron chi connectivity index (χ2n) is 6.53. The van der Waals surface area contributed by atoms with Crippen molar-refractivity contribution in [1.82, 2.24) is 4.98 Å². The Labute approximate surface area is 180 Å². The summed E-state index contributed by atoms with van der Waals surface area (Å²) in [4.78, 5) is 27.7. The molecule has 2 aromatic carbocycles. The molecule has 0 aliphatic heterocycles. The summed E-state index contributed by atoms with van der Waals surface area (Å²) in [5, 5.41) is 11.8. The highest BCUT2D eigenvalue weighted by Gasteiger charge is 2.12. The molecule has 0 radical (unpaired) electrons. The number of rotatable bonds is 9. The first kappa shape index (κ1) is 21.6. The van der Waals surface area contributed by atoms with Crippen LogP contribution in [0.5, 0.6) is 17.4 Å². The van der Waals surface area contributed by atoms with Crippen molar-refractivity contribution in [3.63, 3.8) is 0 Å². The molecule has 1 heterocycles. The van der Waals surface area contributed by atoms with Crippen LogP contribution in [0.4, 0.5) is 5.69 Å². The highest BCUT2D eigenvalue weighted by molar-refractivity contribution is 6.00. The zero-order valence-electron chi connectivity index (χ0n) is 16.9. The molecule has 0 aliphatic rings. The summed E-state index contributed by atoms with van der Waals surface area (Å²) in [6.07, 6.45) is 5.44. The van der Waals surface area contributed by atoms with E-state index in [1.165, 1.54) is 6.07 Å². The molecule has 0 fully saturated rings. The number of carbonyl (C=O) groups is 2. The number of hydrogen-bond acceptors (Lipinski definition) is 5. The first-order chi connectivity index (χ1) is 15.0. The Balaban J connectivity index is 1.55. The fourth-order valence-electron chi connectivity index (χ4n) is 2.70. The molecule has 3 rings (SSSR count). The fraction of sp³-hybridized carbons (Fsp3) is 0.125. The number of amides is 1. The number of carbonyl (C=O) groups excluding carboxylic acids is 1. The molecule has 0 saturated carbocycles. The minimum atomic E-state index is -1.10. The lowest BCUT2D eigenvalue weighted by Crippen LogP contribution is -2.16. The molecule has 0 aliphatic carbocycles. The molecule has 1 aromatic heterocycles. The molecular weight excluding hydrogens is 396 g/mol. The smallest absolute Gasteiger partial charge is 0.337 e. The standard InChI is InChI=1S/C24H22N2O5/c1-2-3-14-30-18-9-11-19(12-10-18)31-23-13-8-17(16-25-23)15-22(27)26-21-7-5-4-6-20(21)24(28)29/h2-13,16H,14-15H2,1H3,(H,26,27)(H,28,29)/b3-2+. The third-order valence-corrected chi connectivity index (χ3v) is 4.22. The van der Waals surface area contributed by atoms with Crippen LogP contribution in [0.25, 0.3) is 0 Å². The third-order valence-electron chi connectivity index (χ3n) is 4.22. The van der Waals surface area contributed by atoms with Crippen LogP contribution >= 0.6 is 0 Å². The largest absolute Gasteiger partial charge is 0.490 e. The van der Waals surface area contributed by atoms with Crippen molar-refractivity contribution in [2.24, 2.45) is 0 Å². The summed E-state index contributed by atoms with van der Waals surface area (Å²) in [7, 11) is 0. The summed E-state index contributed by atoms with van der Waals surface area (Å²) in [5.41, 5.74) is 0.965. The van der Waals surface area contributed by atoms with E-state index in [4.69, 9.17) is 9.47 Å². The van der Waals surface area contributed by atoms with Crippen LogP contribution in [0.3, 0.4) is 0 Å². The summed E-state index contributed by atoms with van der Waals surface area (Å²) in [6, 6.07) is 16.9. The van der Waals surface area contributed by atoms with E-state index in [2.05, 4.69) is 10.3 Å².